The van der Waals surface area contributed by atoms with Crippen LogP contribution in [0.2, 0.25) is 10.0 Å². The van der Waals surface area contributed by atoms with Gasteiger partial charge in [0, 0.05) is 74.0 Å². The fourth-order valence-electron chi connectivity index (χ4n) is 6.58. The molecule has 3 fully saturated rings. The molecule has 1 atom stereocenters. The average Bonchev–Trinajstić information content (AvgIpc) is 3.70. The first-order valence-electron chi connectivity index (χ1n) is 15.9. The quantitative estimate of drug-likeness (QED) is 0.181. The summed E-state index contributed by atoms with van der Waals surface area (Å²) in [4.78, 5) is 44.1. The van der Waals surface area contributed by atoms with Gasteiger partial charge < -0.3 is 30.7 Å². The van der Waals surface area contributed by atoms with Gasteiger partial charge in [0.15, 0.2) is 0 Å². The maximum absolute atomic E-state index is 11.6. The summed E-state index contributed by atoms with van der Waals surface area (Å²) in [5.41, 5.74) is 5.01. The van der Waals surface area contributed by atoms with Gasteiger partial charge in [-0.3, -0.25) is 19.7 Å². The number of likely N-dealkylation sites (tertiary alicyclic amines) is 1. The molecule has 7 rings (SSSR count). The Kier molecular flexibility index (Phi) is 9.25. The molecule has 5 heterocycles. The van der Waals surface area contributed by atoms with Gasteiger partial charge in [0.2, 0.25) is 17.7 Å². The number of urea groups is 1. The molecule has 0 bridgehead atoms. The predicted molar refractivity (Wildman–Crippen MR) is 184 cm³/mol. The number of amides is 3. The number of rotatable bonds is 11. The summed E-state index contributed by atoms with van der Waals surface area (Å²) in [5, 5.41) is 13.0. The van der Waals surface area contributed by atoms with Crippen LogP contribution in [0.3, 0.4) is 0 Å². The van der Waals surface area contributed by atoms with Crippen molar-refractivity contribution in [3.05, 3.63) is 70.2 Å². The Bertz CT molecular complexity index is 1920. The molecular formula is C34H35Cl2N9O4. The van der Waals surface area contributed by atoms with E-state index in [2.05, 4.69) is 31.2 Å². The van der Waals surface area contributed by atoms with Crippen molar-refractivity contribution >= 4 is 35.1 Å². The van der Waals surface area contributed by atoms with Gasteiger partial charge in [0.1, 0.15) is 11.4 Å². The van der Waals surface area contributed by atoms with Crippen LogP contribution in [0.1, 0.15) is 24.2 Å². The molecule has 4 N–H and O–H groups in total. The van der Waals surface area contributed by atoms with E-state index in [-0.39, 0.29) is 23.5 Å². The maximum Gasteiger partial charge on any atom is 0.315 e. The molecule has 0 aliphatic carbocycles. The monoisotopic (exact) mass is 703 g/mol. The first kappa shape index (κ1) is 33.0. The Morgan fingerprint density at radius 3 is 2.04 bits per heavy atom. The van der Waals surface area contributed by atoms with E-state index in [1.54, 1.807) is 26.6 Å². The van der Waals surface area contributed by atoms with E-state index in [0.717, 1.165) is 6.42 Å². The Balaban J connectivity index is 1.10. The highest BCUT2D eigenvalue weighted by Gasteiger charge is 2.47. The SMILES string of the molecule is COc1nc(-c2cccc(-c3cccc(-c4cnc(CN5CC6(CNC(=O)N6)C5)c(OC)n4)c3Cl)c2Cl)cnc1CNC[C@H]1CCC(=O)N1. The third kappa shape index (κ3) is 6.71. The van der Waals surface area contributed by atoms with Crippen LogP contribution in [0.15, 0.2) is 48.8 Å². The van der Waals surface area contributed by atoms with E-state index in [1.165, 1.54) is 0 Å². The maximum atomic E-state index is 11.6. The highest BCUT2D eigenvalue weighted by molar-refractivity contribution is 6.39. The molecule has 0 radical (unpaired) electrons. The zero-order valence-corrected chi connectivity index (χ0v) is 28.5. The third-order valence-corrected chi connectivity index (χ3v) is 9.82. The van der Waals surface area contributed by atoms with Gasteiger partial charge in [-0.05, 0) is 6.42 Å². The molecule has 3 saturated heterocycles. The van der Waals surface area contributed by atoms with Crippen LogP contribution < -0.4 is 30.7 Å². The van der Waals surface area contributed by atoms with Crippen molar-refractivity contribution in [3.63, 3.8) is 0 Å². The van der Waals surface area contributed by atoms with Gasteiger partial charge in [0.25, 0.3) is 0 Å². The van der Waals surface area contributed by atoms with E-state index < -0.39 is 0 Å². The first-order chi connectivity index (χ1) is 23.8. The normalized spacial score (nSPS) is 18.2. The van der Waals surface area contributed by atoms with Crippen molar-refractivity contribution in [1.29, 1.82) is 0 Å². The summed E-state index contributed by atoms with van der Waals surface area (Å²) in [5.74, 6) is 0.870. The molecule has 4 aromatic rings. The zero-order valence-electron chi connectivity index (χ0n) is 27.0. The summed E-state index contributed by atoms with van der Waals surface area (Å²) >= 11 is 14.1. The van der Waals surface area contributed by atoms with Crippen molar-refractivity contribution in [2.45, 2.75) is 37.5 Å². The van der Waals surface area contributed by atoms with Crippen LogP contribution in [-0.2, 0) is 17.9 Å². The molecule has 0 unspecified atom stereocenters. The van der Waals surface area contributed by atoms with Gasteiger partial charge in [-0.15, -0.1) is 0 Å². The molecule has 49 heavy (non-hydrogen) atoms. The van der Waals surface area contributed by atoms with Crippen LogP contribution in [0.25, 0.3) is 33.6 Å². The minimum atomic E-state index is -0.222. The summed E-state index contributed by atoms with van der Waals surface area (Å²) < 4.78 is 11.2. The number of hydrogen-bond acceptors (Lipinski definition) is 10. The lowest BCUT2D eigenvalue weighted by molar-refractivity contribution is -0.119. The summed E-state index contributed by atoms with van der Waals surface area (Å²) in [6, 6.07) is 11.3. The third-order valence-electron chi connectivity index (χ3n) is 9.01. The van der Waals surface area contributed by atoms with Crippen molar-refractivity contribution < 1.29 is 19.1 Å². The Hall–Kier alpha value is -4.56. The topological polar surface area (TPSA) is 156 Å². The summed E-state index contributed by atoms with van der Waals surface area (Å²) in [7, 11) is 3.12. The lowest BCUT2D eigenvalue weighted by Crippen LogP contribution is -2.68. The second-order valence-corrected chi connectivity index (χ2v) is 13.2. The van der Waals surface area contributed by atoms with Gasteiger partial charge >= 0.3 is 6.03 Å². The van der Waals surface area contributed by atoms with Crippen molar-refractivity contribution in [1.82, 2.24) is 46.1 Å². The van der Waals surface area contributed by atoms with E-state index in [9.17, 15) is 9.59 Å². The summed E-state index contributed by atoms with van der Waals surface area (Å²) in [6.07, 6.45) is 4.73. The fourth-order valence-corrected chi connectivity index (χ4v) is 7.23. The van der Waals surface area contributed by atoms with E-state index in [0.29, 0.717) is 113 Å². The highest BCUT2D eigenvalue weighted by Crippen LogP contribution is 2.42. The fraction of sp³-hybridized carbons (Fsp3) is 0.353. The molecule has 3 aliphatic rings. The van der Waals surface area contributed by atoms with Crippen molar-refractivity contribution in [3.8, 4) is 45.4 Å². The van der Waals surface area contributed by atoms with E-state index in [1.807, 2.05) is 36.4 Å². The number of halogens is 2. The first-order valence-corrected chi connectivity index (χ1v) is 16.7. The molecule has 3 amide bonds. The molecule has 3 aliphatic heterocycles. The number of benzene rings is 2. The molecule has 254 valence electrons. The molecular weight excluding hydrogens is 669 g/mol. The molecule has 0 saturated carbocycles. The number of carbonyl (C=O) groups excluding carboxylic acids is 2. The molecule has 2 aromatic carbocycles. The lowest BCUT2D eigenvalue weighted by atomic mass is 9.91. The number of nitrogens with zero attached hydrogens (tertiary/aromatic N) is 5. The Morgan fingerprint density at radius 1 is 0.898 bits per heavy atom. The van der Waals surface area contributed by atoms with Gasteiger partial charge in [-0.1, -0.05) is 59.6 Å². The Morgan fingerprint density at radius 2 is 1.49 bits per heavy atom. The second-order valence-electron chi connectivity index (χ2n) is 12.4. The number of hydrogen-bond donors (Lipinski definition) is 4. The largest absolute Gasteiger partial charge is 0.480 e. The van der Waals surface area contributed by atoms with Crippen LogP contribution in [0.4, 0.5) is 4.79 Å². The number of carbonyl (C=O) groups is 2. The number of nitrogens with one attached hydrogen (secondary N) is 4. The van der Waals surface area contributed by atoms with Gasteiger partial charge in [-0.2, -0.15) is 0 Å². The zero-order chi connectivity index (χ0) is 34.1. The molecule has 15 heteroatoms. The minimum Gasteiger partial charge on any atom is -0.480 e. The van der Waals surface area contributed by atoms with Crippen LogP contribution in [0.5, 0.6) is 11.8 Å². The predicted octanol–water partition coefficient (Wildman–Crippen LogP) is 3.83. The number of methoxy groups -OCH3 is 2. The lowest BCUT2D eigenvalue weighted by Gasteiger charge is -2.46. The van der Waals surface area contributed by atoms with Gasteiger partial charge in [0.05, 0.1) is 53.6 Å². The van der Waals surface area contributed by atoms with Crippen LogP contribution in [-0.4, -0.2) is 88.8 Å². The van der Waals surface area contributed by atoms with Crippen LogP contribution in [0, 0.1) is 0 Å². The van der Waals surface area contributed by atoms with E-state index >= 15 is 0 Å². The molecule has 1 spiro atoms. The van der Waals surface area contributed by atoms with Gasteiger partial charge in [-0.25, -0.2) is 14.8 Å². The molecule has 2 aromatic heterocycles. The Labute approximate surface area is 293 Å². The highest BCUT2D eigenvalue weighted by atomic mass is 35.5. The summed E-state index contributed by atoms with van der Waals surface area (Å²) in [6.45, 7) is 3.65. The average molecular weight is 705 g/mol. The smallest absolute Gasteiger partial charge is 0.315 e. The number of ether oxygens (including phenoxy) is 2. The second kappa shape index (κ2) is 13.7. The van der Waals surface area contributed by atoms with Crippen LogP contribution >= 0.6 is 23.2 Å². The van der Waals surface area contributed by atoms with E-state index in [4.69, 9.17) is 47.6 Å². The minimum absolute atomic E-state index is 0.0799. The standard InChI is InChI=1S/C34H35Cl2N9O4/c1-48-31-26(12-37-11-19-9-10-28(46)41-19)38-13-24(42-31)22-7-3-5-20(29(22)35)21-6-4-8-23(30(21)36)25-14-39-27(32(43-25)49-2)15-45-17-34(18-45)16-40-33(47)44-34/h3-8,13-14,19,37H,9-12,15-18H2,1-2H3,(H,41,46)(H2,40,44,47)/t19-/m1/s1. The van der Waals surface area contributed by atoms with Crippen molar-refractivity contribution in [2.75, 3.05) is 40.4 Å². The molecule has 13 nitrogen and oxygen atoms in total. The number of aromatic nitrogens is 4. The van der Waals surface area contributed by atoms with Crippen molar-refractivity contribution in [2.24, 2.45) is 0 Å².